The highest BCUT2D eigenvalue weighted by molar-refractivity contribution is 5.93. The summed E-state index contributed by atoms with van der Waals surface area (Å²) in [6.45, 7) is 12.6. The van der Waals surface area contributed by atoms with Crippen molar-refractivity contribution in [3.05, 3.63) is 90.6 Å². The molecule has 2 aliphatic rings. The molecular weight excluding hydrogens is 743 g/mol. The number of cyclic esters (lactones) is 1. The summed E-state index contributed by atoms with van der Waals surface area (Å²) in [5.74, 6) is -4.69. The number of nitrogens with one attached hydrogen (secondary N) is 4. The third kappa shape index (κ3) is 15.2. The van der Waals surface area contributed by atoms with Crippen LogP contribution in [0.5, 0.6) is 5.75 Å². The molecule has 316 valence electrons. The molecule has 14 heteroatoms. The van der Waals surface area contributed by atoms with E-state index in [4.69, 9.17) is 4.74 Å². The minimum absolute atomic E-state index is 0.0203. The van der Waals surface area contributed by atoms with Gasteiger partial charge >= 0.3 is 5.97 Å². The Morgan fingerprint density at radius 1 is 1.07 bits per heavy atom. The van der Waals surface area contributed by atoms with Gasteiger partial charge in [0.2, 0.25) is 17.7 Å². The maximum Gasteiger partial charge on any atom is 0.325 e. The number of esters is 1. The molecule has 2 aliphatic heterocycles. The molecule has 0 radical (unpaired) electrons. The molecule has 6 N–H and O–H groups in total. The summed E-state index contributed by atoms with van der Waals surface area (Å²) in [6.07, 6.45) is 13.2. The lowest BCUT2D eigenvalue weighted by Crippen LogP contribution is -2.62. The van der Waals surface area contributed by atoms with Crippen LogP contribution in [0.3, 0.4) is 0 Å². The number of amides is 4. The molecule has 2 bridgehead atoms. The van der Waals surface area contributed by atoms with Crippen LogP contribution in [-0.2, 0) is 39.9 Å². The van der Waals surface area contributed by atoms with Gasteiger partial charge in [-0.25, -0.2) is 5.43 Å². The Morgan fingerprint density at radius 2 is 1.79 bits per heavy atom. The maximum atomic E-state index is 14.3. The second kappa shape index (κ2) is 23.8. The van der Waals surface area contributed by atoms with Crippen LogP contribution in [0.4, 0.5) is 0 Å². The lowest BCUT2D eigenvalue weighted by Gasteiger charge is -2.36. The Bertz CT molecular complexity index is 1730. The number of aromatic hydroxyl groups is 1. The number of phenols is 1. The number of hydrogen-bond acceptors (Lipinski definition) is 10. The van der Waals surface area contributed by atoms with Crippen LogP contribution < -0.4 is 21.4 Å². The average molecular weight is 804 g/mol. The first kappa shape index (κ1) is 47.0. The largest absolute Gasteiger partial charge is 0.508 e. The highest BCUT2D eigenvalue weighted by Crippen LogP contribution is 2.24. The minimum Gasteiger partial charge on any atom is -0.508 e. The van der Waals surface area contributed by atoms with Crippen LogP contribution >= 0.6 is 0 Å². The van der Waals surface area contributed by atoms with Crippen molar-refractivity contribution >= 4 is 35.4 Å². The van der Waals surface area contributed by atoms with Crippen molar-refractivity contribution in [2.24, 2.45) is 17.8 Å². The Hall–Kier alpha value is -5.34. The monoisotopic (exact) mass is 803 g/mol. The topological polar surface area (TPSA) is 203 Å². The number of Topliss-reactive ketones (excluding diaryl/α,β-unsaturated/α-hetero) is 1. The number of ketones is 1. The number of carbonyl (C=O) groups is 6. The smallest absolute Gasteiger partial charge is 0.325 e. The zero-order chi connectivity index (χ0) is 42.8. The van der Waals surface area contributed by atoms with Crippen LogP contribution in [0.2, 0.25) is 0 Å². The first-order chi connectivity index (χ1) is 27.6. The Balaban J connectivity index is 2.04. The summed E-state index contributed by atoms with van der Waals surface area (Å²) in [4.78, 5) is 80.0. The van der Waals surface area contributed by atoms with Crippen molar-refractivity contribution in [1.29, 1.82) is 0 Å². The lowest BCUT2D eigenvalue weighted by molar-refractivity contribution is -0.156. The predicted molar refractivity (Wildman–Crippen MR) is 220 cm³/mol. The van der Waals surface area contributed by atoms with Gasteiger partial charge < -0.3 is 35.7 Å². The van der Waals surface area contributed by atoms with Gasteiger partial charge in [-0.3, -0.25) is 29.0 Å². The number of hydrogen-bond donors (Lipinski definition) is 6. The Kier molecular flexibility index (Phi) is 19.3. The molecule has 14 nitrogen and oxygen atoms in total. The zero-order valence-corrected chi connectivity index (χ0v) is 34.3. The van der Waals surface area contributed by atoms with Crippen molar-refractivity contribution in [1.82, 2.24) is 26.4 Å². The summed E-state index contributed by atoms with van der Waals surface area (Å²) < 4.78 is 6.03. The van der Waals surface area contributed by atoms with E-state index in [-0.39, 0.29) is 49.7 Å². The fourth-order valence-electron chi connectivity index (χ4n) is 6.66. The quantitative estimate of drug-likeness (QED) is 0.0830. The molecule has 6 unspecified atom stereocenters. The fraction of sp³-hybridized carbons (Fsp3) is 0.500. The molecule has 7 atom stereocenters. The number of aliphatic hydroxyl groups excluding tert-OH is 1. The second-order valence-electron chi connectivity index (χ2n) is 15.4. The standard InChI is InChI=1S/C44H61N5O9/c1-7-24-45-38(52)21-12-16-29(4)37-20-11-9-8-10-15-30(5)40(53)34(23-22-31(6)50)41(54)47-39(28(2)3)42(55)46-36(27-32-17-13-18-33(51)26-32)43(56)49-25-14-19-35(48-49)44(57)58-37/h7-13,16-18,21,26,28,30,34-37,39-40,48,51,53H,1,14-15,19-20,22-25,27H2,2-6H3,(H,45,52)(H,46,55)(H,47,54)/b10-8+,11-9+,21-12+,29-16+/t30?,34?,35?,36?,37-,39?,40?/m0/s1. The number of carbonyl (C=O) groups excluding carboxylic acids is 6. The van der Waals surface area contributed by atoms with E-state index in [1.807, 2.05) is 12.2 Å². The number of nitrogens with zero attached hydrogens (tertiary/aromatic N) is 1. The van der Waals surface area contributed by atoms with E-state index in [1.54, 1.807) is 70.2 Å². The zero-order valence-electron chi connectivity index (χ0n) is 34.3. The highest BCUT2D eigenvalue weighted by atomic mass is 16.5. The van der Waals surface area contributed by atoms with Gasteiger partial charge in [-0.15, -0.1) is 6.58 Å². The molecule has 1 fully saturated rings. The molecule has 0 saturated carbocycles. The number of allylic oxidation sites excluding steroid dienone is 5. The van der Waals surface area contributed by atoms with Crippen LogP contribution in [0.15, 0.2) is 85.0 Å². The fourth-order valence-corrected chi connectivity index (χ4v) is 6.66. The average Bonchev–Trinajstić information content (AvgIpc) is 3.18. The van der Waals surface area contributed by atoms with E-state index in [2.05, 4.69) is 28.0 Å². The van der Waals surface area contributed by atoms with Crippen molar-refractivity contribution in [3.63, 3.8) is 0 Å². The summed E-state index contributed by atoms with van der Waals surface area (Å²) in [7, 11) is 0. The van der Waals surface area contributed by atoms with Crippen LogP contribution in [-0.4, -0.2) is 94.0 Å². The SMILES string of the molecule is C=CCNC(=O)/C=C/C=C(\C)[C@@H]1C/C=C/C=C/CC(C)C(O)C(CCC(C)=O)C(=O)NC(C(C)C)C(=O)NC(Cc2cccc(O)c2)C(=O)N2CCCC(N2)C(=O)O1. The van der Waals surface area contributed by atoms with Crippen LogP contribution in [0, 0.1) is 17.8 Å². The van der Waals surface area contributed by atoms with Crippen molar-refractivity contribution in [3.8, 4) is 5.75 Å². The van der Waals surface area contributed by atoms with E-state index in [0.717, 1.165) is 0 Å². The molecule has 0 spiro atoms. The van der Waals surface area contributed by atoms with Gasteiger partial charge in [0.25, 0.3) is 5.91 Å². The second-order valence-corrected chi connectivity index (χ2v) is 15.4. The molecule has 1 aromatic carbocycles. The van der Waals surface area contributed by atoms with Gasteiger partial charge in [0, 0.05) is 38.4 Å². The Labute approximate surface area is 341 Å². The molecule has 0 aliphatic carbocycles. The third-order valence-electron chi connectivity index (χ3n) is 10.1. The van der Waals surface area contributed by atoms with Crippen LogP contribution in [0.25, 0.3) is 0 Å². The summed E-state index contributed by atoms with van der Waals surface area (Å²) in [6, 6.07) is 3.11. The number of aliphatic hydroxyl groups is 1. The molecule has 2 heterocycles. The number of benzene rings is 1. The van der Waals surface area contributed by atoms with Crippen molar-refractivity contribution in [2.45, 2.75) is 110 Å². The van der Waals surface area contributed by atoms with E-state index in [1.165, 1.54) is 30.1 Å². The number of fused-ring (bicyclic) bond motifs is 2. The summed E-state index contributed by atoms with van der Waals surface area (Å²) >= 11 is 0. The first-order valence-electron chi connectivity index (χ1n) is 20.0. The number of ether oxygens (including phenoxy) is 1. The summed E-state index contributed by atoms with van der Waals surface area (Å²) in [5, 5.41) is 31.2. The number of rotatable bonds is 11. The van der Waals surface area contributed by atoms with Crippen LogP contribution in [0.1, 0.15) is 78.7 Å². The molecular formula is C44H61N5O9. The normalized spacial score (nSPS) is 27.1. The van der Waals surface area contributed by atoms with E-state index in [0.29, 0.717) is 36.9 Å². The molecule has 3 rings (SSSR count). The molecule has 4 amide bonds. The third-order valence-corrected chi connectivity index (χ3v) is 10.1. The predicted octanol–water partition coefficient (Wildman–Crippen LogP) is 3.66. The van der Waals surface area contributed by atoms with Crippen molar-refractivity contribution in [2.75, 3.05) is 13.1 Å². The van der Waals surface area contributed by atoms with E-state index in [9.17, 15) is 39.0 Å². The van der Waals surface area contributed by atoms with Gasteiger partial charge in [-0.1, -0.05) is 75.4 Å². The highest BCUT2D eigenvalue weighted by Gasteiger charge is 2.37. The lowest BCUT2D eigenvalue weighted by atomic mass is 9.85. The van der Waals surface area contributed by atoms with E-state index >= 15 is 0 Å². The minimum atomic E-state index is -1.18. The molecule has 1 saturated heterocycles. The molecule has 58 heavy (non-hydrogen) atoms. The molecule has 0 aromatic heterocycles. The maximum absolute atomic E-state index is 14.3. The van der Waals surface area contributed by atoms with E-state index < -0.39 is 71.8 Å². The van der Waals surface area contributed by atoms with Gasteiger partial charge in [0.05, 0.1) is 12.0 Å². The molecule has 1 aromatic rings. The van der Waals surface area contributed by atoms with Gasteiger partial charge in [-0.2, -0.15) is 0 Å². The van der Waals surface area contributed by atoms with Gasteiger partial charge in [0.15, 0.2) is 0 Å². The van der Waals surface area contributed by atoms with Gasteiger partial charge in [-0.05, 0) is 74.6 Å². The first-order valence-corrected chi connectivity index (χ1v) is 20.0. The van der Waals surface area contributed by atoms with Crippen molar-refractivity contribution < 1.29 is 43.7 Å². The number of hydrazine groups is 1. The summed E-state index contributed by atoms with van der Waals surface area (Å²) in [5.41, 5.74) is 4.22. The Morgan fingerprint density at radius 3 is 2.47 bits per heavy atom. The van der Waals surface area contributed by atoms with Gasteiger partial charge in [0.1, 0.15) is 35.8 Å². The number of phenolic OH excluding ortho intramolecular Hbond substituents is 1.